The van der Waals surface area contributed by atoms with Crippen LogP contribution in [0.25, 0.3) is 33.3 Å². The zero-order valence-corrected chi connectivity index (χ0v) is 17.1. The highest BCUT2D eigenvalue weighted by Crippen LogP contribution is 2.36. The molecule has 0 radical (unpaired) electrons. The number of nitrogens with zero attached hydrogens (tertiary/aromatic N) is 2. The van der Waals surface area contributed by atoms with E-state index in [0.717, 1.165) is 39.6 Å². The first kappa shape index (κ1) is 17.6. The Morgan fingerprint density at radius 1 is 1.04 bits per heavy atom. The highest BCUT2D eigenvalue weighted by atomic mass is 127. The molecule has 0 fully saturated rings. The Morgan fingerprint density at radius 2 is 1.85 bits per heavy atom. The Hall–Kier alpha value is -1.83. The molecule has 0 amide bonds. The summed E-state index contributed by atoms with van der Waals surface area (Å²) in [5.74, 6) is 0. The largest absolute Gasteiger partial charge is 0.298 e. The third-order valence-corrected chi connectivity index (χ3v) is 6.14. The van der Waals surface area contributed by atoms with Crippen molar-refractivity contribution < 1.29 is 4.79 Å². The summed E-state index contributed by atoms with van der Waals surface area (Å²) in [6.45, 7) is 0. The molecule has 0 bridgehead atoms. The highest BCUT2D eigenvalue weighted by molar-refractivity contribution is 14.2. The van der Waals surface area contributed by atoms with E-state index in [4.69, 9.17) is 11.6 Å². The van der Waals surface area contributed by atoms with Gasteiger partial charge in [-0.2, -0.15) is 0 Å². The van der Waals surface area contributed by atoms with E-state index in [1.165, 1.54) is 0 Å². The maximum atomic E-state index is 10.9. The van der Waals surface area contributed by atoms with Gasteiger partial charge >= 0.3 is 0 Å². The molecule has 0 saturated carbocycles. The van der Waals surface area contributed by atoms with Crippen molar-refractivity contribution >= 4 is 59.2 Å². The van der Waals surface area contributed by atoms with Crippen LogP contribution in [0.1, 0.15) is 10.4 Å². The third kappa shape index (κ3) is 3.26. The first-order valence-corrected chi connectivity index (χ1v) is 11.5. The molecule has 2 heterocycles. The molecule has 26 heavy (non-hydrogen) atoms. The number of carbonyl (C=O) groups is 1. The van der Waals surface area contributed by atoms with Crippen molar-refractivity contribution in [3.05, 3.63) is 77.6 Å². The van der Waals surface area contributed by atoms with Gasteiger partial charge in [-0.1, -0.05) is 48.0 Å². The van der Waals surface area contributed by atoms with Gasteiger partial charge in [0.15, 0.2) is 5.65 Å². The van der Waals surface area contributed by atoms with Crippen molar-refractivity contribution in [2.75, 3.05) is 0 Å². The summed E-state index contributed by atoms with van der Waals surface area (Å²) >= 11 is 8.43. The number of carbonyl (C=O) groups excluding carboxylic acids is 1. The van der Waals surface area contributed by atoms with Gasteiger partial charge < -0.3 is 0 Å². The van der Waals surface area contributed by atoms with Crippen LogP contribution in [0.4, 0.5) is 0 Å². The number of aldehydes is 1. The lowest BCUT2D eigenvalue weighted by molar-refractivity contribution is 0.112. The zero-order chi connectivity index (χ0) is 18.1. The topological polar surface area (TPSA) is 34.9 Å². The van der Waals surface area contributed by atoms with Gasteiger partial charge in [-0.25, -0.2) is 4.98 Å². The molecule has 0 saturated heterocycles. The summed E-state index contributed by atoms with van der Waals surface area (Å²) in [4.78, 5) is 15.5. The van der Waals surface area contributed by atoms with E-state index < -0.39 is 0 Å². The number of halogens is 2. The summed E-state index contributed by atoms with van der Waals surface area (Å²) in [7, 11) is 1.58. The first-order valence-electron chi connectivity index (χ1n) is 7.81. The van der Waals surface area contributed by atoms with E-state index in [1.54, 1.807) is 9.12 Å². The molecule has 128 valence electrons. The minimum atomic E-state index is 0.662. The minimum absolute atomic E-state index is 0.662. The molecule has 0 atom stereocenters. The van der Waals surface area contributed by atoms with Crippen molar-refractivity contribution in [1.82, 2.24) is 8.96 Å². The molecular weight excluding hydrogens is 479 g/mol. The van der Waals surface area contributed by atoms with Crippen LogP contribution in [0.2, 0.25) is 5.02 Å². The van der Waals surface area contributed by atoms with Gasteiger partial charge in [0.25, 0.3) is 0 Å². The third-order valence-electron chi connectivity index (χ3n) is 4.20. The van der Waals surface area contributed by atoms with Gasteiger partial charge in [-0.15, -0.1) is 0 Å². The van der Waals surface area contributed by atoms with Gasteiger partial charge in [0.2, 0.25) is 0 Å². The van der Waals surface area contributed by atoms with Crippen molar-refractivity contribution in [2.45, 2.75) is 0 Å². The van der Waals surface area contributed by atoms with Crippen LogP contribution in [0.15, 0.2) is 67.0 Å². The van der Waals surface area contributed by atoms with Crippen molar-refractivity contribution in [2.24, 2.45) is 0 Å². The van der Waals surface area contributed by atoms with Gasteiger partial charge in [0, 0.05) is 69.8 Å². The normalized spacial score (nSPS) is 11.0. The van der Waals surface area contributed by atoms with E-state index in [-0.39, 0.29) is 0 Å². The second-order valence-corrected chi connectivity index (χ2v) is 7.93. The molecule has 0 aliphatic heterocycles. The molecule has 0 N–H and O–H groups in total. The Labute approximate surface area is 172 Å². The lowest BCUT2D eigenvalue weighted by Gasteiger charge is -2.04. The van der Waals surface area contributed by atoms with Crippen LogP contribution in [0.5, 0.6) is 0 Å². The second kappa shape index (κ2) is 7.42. The monoisotopic (exact) mass is 490 g/mol. The molecule has 0 unspecified atom stereocenters. The van der Waals surface area contributed by atoms with Gasteiger partial charge in [-0.3, -0.25) is 8.77 Å². The Balaban J connectivity index is 1.90. The van der Waals surface area contributed by atoms with Gasteiger partial charge in [-0.05, 0) is 29.3 Å². The van der Waals surface area contributed by atoms with Crippen LogP contribution in [-0.2, 0) is 0 Å². The predicted octanol–water partition coefficient (Wildman–Crippen LogP) is 6.68. The first-order chi connectivity index (χ1) is 12.7. The predicted molar refractivity (Wildman–Crippen MR) is 118 cm³/mol. The maximum absolute atomic E-state index is 10.9. The average Bonchev–Trinajstić information content (AvgIpc) is 3.06. The van der Waals surface area contributed by atoms with Crippen molar-refractivity contribution in [3.63, 3.8) is 0 Å². The van der Waals surface area contributed by atoms with E-state index in [1.807, 2.05) is 52.6 Å². The zero-order valence-electron chi connectivity index (χ0n) is 13.4. The van der Waals surface area contributed by atoms with Crippen molar-refractivity contribution in [1.29, 1.82) is 0 Å². The summed E-state index contributed by atoms with van der Waals surface area (Å²) in [6, 6.07) is 17.5. The molecule has 0 aliphatic rings. The van der Waals surface area contributed by atoms with E-state index in [0.29, 0.717) is 10.6 Å². The molecule has 4 aromatic rings. The Bertz CT molecular complexity index is 1110. The molecule has 2 aromatic carbocycles. The summed E-state index contributed by atoms with van der Waals surface area (Å²) in [5.41, 5.74) is 5.75. The fourth-order valence-electron chi connectivity index (χ4n) is 2.93. The number of hydrogen-bond donors (Lipinski definition) is 0. The number of benzene rings is 2. The van der Waals surface area contributed by atoms with Crippen LogP contribution < -0.4 is 0 Å². The van der Waals surface area contributed by atoms with Gasteiger partial charge in [0.1, 0.15) is 6.29 Å². The smallest absolute Gasteiger partial charge is 0.151 e. The maximum Gasteiger partial charge on any atom is 0.151 e. The highest BCUT2D eigenvalue weighted by Gasteiger charge is 2.13. The fraction of sp³-hybridized carbons (Fsp3) is 0. The Kier molecular flexibility index (Phi) is 5.02. The molecule has 6 heteroatoms. The number of fused-ring (bicyclic) bond motifs is 1. The summed E-state index contributed by atoms with van der Waals surface area (Å²) < 4.78 is 2.05. The molecule has 2 aromatic heterocycles. The Morgan fingerprint density at radius 3 is 2.54 bits per heavy atom. The van der Waals surface area contributed by atoms with Crippen LogP contribution in [-0.4, -0.2) is 15.2 Å². The lowest BCUT2D eigenvalue weighted by atomic mass is 10.0. The SMILES string of the molecule is O=Cc1ccc(-c2cnc3c(c2)c(-c2cccc(Cl)c2)cn3SI)cc1. The lowest BCUT2D eigenvalue weighted by Crippen LogP contribution is -1.86. The molecular formula is C20H12ClIN2OS. The quantitative estimate of drug-likeness (QED) is 0.236. The fourth-order valence-corrected chi connectivity index (χ4v) is 4.38. The van der Waals surface area contributed by atoms with E-state index in [2.05, 4.69) is 44.5 Å². The molecule has 0 spiro atoms. The summed E-state index contributed by atoms with van der Waals surface area (Å²) in [6.07, 6.45) is 4.79. The molecule has 0 aliphatic carbocycles. The van der Waals surface area contributed by atoms with E-state index in [9.17, 15) is 4.79 Å². The number of aromatic nitrogens is 2. The number of hydrogen-bond acceptors (Lipinski definition) is 3. The second-order valence-electron chi connectivity index (χ2n) is 5.78. The number of rotatable bonds is 4. The standard InChI is InChI=1S/C20H12ClIN2OS/c21-17-3-1-2-15(8-17)19-11-24(26-22)20-18(19)9-16(10-23-20)14-6-4-13(12-25)5-7-14/h1-12H. The van der Waals surface area contributed by atoms with Crippen molar-refractivity contribution in [3.8, 4) is 22.3 Å². The van der Waals surface area contributed by atoms with Crippen LogP contribution in [0.3, 0.4) is 0 Å². The van der Waals surface area contributed by atoms with E-state index >= 15 is 0 Å². The summed E-state index contributed by atoms with van der Waals surface area (Å²) in [5, 5.41) is 1.77. The molecule has 4 rings (SSSR count). The average molecular weight is 491 g/mol. The minimum Gasteiger partial charge on any atom is -0.298 e. The number of pyridine rings is 1. The van der Waals surface area contributed by atoms with Gasteiger partial charge in [0.05, 0.1) is 0 Å². The molecule has 3 nitrogen and oxygen atoms in total. The van der Waals surface area contributed by atoms with Crippen LogP contribution in [0, 0.1) is 0 Å². The van der Waals surface area contributed by atoms with Crippen LogP contribution >= 0.6 is 41.9 Å².